The molecule has 2 N–H and O–H groups in total. The fourth-order valence-corrected chi connectivity index (χ4v) is 3.84. The molecule has 1 saturated heterocycles. The maximum atomic E-state index is 6.24. The van der Waals surface area contributed by atoms with E-state index in [2.05, 4.69) is 25.5 Å². The molecule has 2 aromatic heterocycles. The van der Waals surface area contributed by atoms with Gasteiger partial charge in [-0.1, -0.05) is 15.9 Å². The lowest BCUT2D eigenvalue weighted by molar-refractivity contribution is -0.139. The first kappa shape index (κ1) is 18.6. The predicted octanol–water partition coefficient (Wildman–Crippen LogP) is 3.62. The second kappa shape index (κ2) is 7.01. The monoisotopic (exact) mass is 434 g/mol. The summed E-state index contributed by atoms with van der Waals surface area (Å²) in [7, 11) is 0. The van der Waals surface area contributed by atoms with Crippen LogP contribution in [0.5, 0.6) is 0 Å². The number of anilines is 1. The van der Waals surface area contributed by atoms with Crippen LogP contribution in [0.3, 0.4) is 0 Å². The largest absolute Gasteiger partial charge is 0.382 e. The van der Waals surface area contributed by atoms with Crippen LogP contribution in [-0.4, -0.2) is 39.6 Å². The summed E-state index contributed by atoms with van der Waals surface area (Å²) < 4.78 is 20.5. The number of pyridine rings is 1. The van der Waals surface area contributed by atoms with Gasteiger partial charge < -0.3 is 24.5 Å². The Kier molecular flexibility index (Phi) is 4.84. The molecule has 1 aliphatic rings. The van der Waals surface area contributed by atoms with Crippen molar-refractivity contribution in [3.63, 3.8) is 0 Å². The Morgan fingerprint density at radius 3 is 2.89 bits per heavy atom. The van der Waals surface area contributed by atoms with Crippen molar-refractivity contribution in [2.45, 2.75) is 45.8 Å². The lowest BCUT2D eigenvalue weighted by Crippen LogP contribution is -2.25. The van der Waals surface area contributed by atoms with E-state index in [1.165, 1.54) is 0 Å². The molecule has 7 nitrogen and oxygen atoms in total. The zero-order valence-electron chi connectivity index (χ0n) is 15.7. The van der Waals surface area contributed by atoms with Crippen molar-refractivity contribution >= 4 is 43.7 Å². The van der Waals surface area contributed by atoms with E-state index in [-0.39, 0.29) is 6.10 Å². The number of nitrogens with zero attached hydrogens (tertiary/aromatic N) is 3. The summed E-state index contributed by atoms with van der Waals surface area (Å²) in [5, 5.41) is 0.996. The molecule has 4 rings (SSSR count). The van der Waals surface area contributed by atoms with Crippen molar-refractivity contribution in [2.24, 2.45) is 0 Å². The average molecular weight is 435 g/mol. The minimum Gasteiger partial charge on any atom is -0.382 e. The van der Waals surface area contributed by atoms with E-state index in [4.69, 9.17) is 24.9 Å². The van der Waals surface area contributed by atoms with Gasteiger partial charge in [-0.15, -0.1) is 0 Å². The number of hydrogen-bond donors (Lipinski definition) is 1. The van der Waals surface area contributed by atoms with Gasteiger partial charge in [0.1, 0.15) is 24.1 Å². The molecule has 3 aromatic rings. The molecule has 0 amide bonds. The van der Waals surface area contributed by atoms with Gasteiger partial charge in [0.05, 0.1) is 24.2 Å². The summed E-state index contributed by atoms with van der Waals surface area (Å²) in [6, 6.07) is 5.99. The van der Waals surface area contributed by atoms with Crippen molar-refractivity contribution in [3.8, 4) is 0 Å². The SMILES string of the molecule is CCOCc1nc2c(N)nc3cc(Br)ccc3c2n1CC1COC(C)(C)O1. The molecule has 3 heterocycles. The Morgan fingerprint density at radius 2 is 2.19 bits per heavy atom. The zero-order valence-corrected chi connectivity index (χ0v) is 17.2. The second-order valence-electron chi connectivity index (χ2n) is 7.08. The molecule has 144 valence electrons. The number of nitrogens with two attached hydrogens (primary N) is 1. The summed E-state index contributed by atoms with van der Waals surface area (Å²) in [5.41, 5.74) is 8.70. The molecule has 8 heteroatoms. The molecule has 27 heavy (non-hydrogen) atoms. The Bertz CT molecular complexity index is 1000. The van der Waals surface area contributed by atoms with Gasteiger partial charge in [-0.2, -0.15) is 0 Å². The lowest BCUT2D eigenvalue weighted by Gasteiger charge is -2.18. The molecule has 1 atom stereocenters. The highest BCUT2D eigenvalue weighted by molar-refractivity contribution is 9.10. The number of ether oxygens (including phenoxy) is 3. The maximum absolute atomic E-state index is 6.24. The summed E-state index contributed by atoms with van der Waals surface area (Å²) in [5.74, 6) is 0.648. The van der Waals surface area contributed by atoms with E-state index in [1.54, 1.807) is 0 Å². The summed E-state index contributed by atoms with van der Waals surface area (Å²) in [6.45, 7) is 7.97. The normalized spacial score (nSPS) is 19.3. The smallest absolute Gasteiger partial charge is 0.163 e. The number of rotatable bonds is 5. The Labute approximate surface area is 165 Å². The Balaban J connectivity index is 1.88. The minimum atomic E-state index is -0.575. The Morgan fingerprint density at radius 1 is 1.37 bits per heavy atom. The van der Waals surface area contributed by atoms with Crippen LogP contribution in [0.1, 0.15) is 26.6 Å². The van der Waals surface area contributed by atoms with Crippen molar-refractivity contribution in [3.05, 3.63) is 28.5 Å². The van der Waals surface area contributed by atoms with Gasteiger partial charge in [-0.05, 0) is 39.0 Å². The zero-order chi connectivity index (χ0) is 19.2. The van der Waals surface area contributed by atoms with E-state index >= 15 is 0 Å². The molecule has 0 aliphatic carbocycles. The van der Waals surface area contributed by atoms with Crippen LogP contribution in [0.4, 0.5) is 5.82 Å². The van der Waals surface area contributed by atoms with E-state index in [0.717, 1.165) is 26.7 Å². The fourth-order valence-electron chi connectivity index (χ4n) is 3.49. The fraction of sp³-hybridized carbons (Fsp3) is 0.474. The van der Waals surface area contributed by atoms with Crippen LogP contribution in [0.15, 0.2) is 22.7 Å². The maximum Gasteiger partial charge on any atom is 0.163 e. The van der Waals surface area contributed by atoms with Crippen LogP contribution in [0.25, 0.3) is 21.9 Å². The third-order valence-corrected chi connectivity index (χ3v) is 5.13. The third-order valence-electron chi connectivity index (χ3n) is 4.63. The lowest BCUT2D eigenvalue weighted by atomic mass is 10.2. The predicted molar refractivity (Wildman–Crippen MR) is 107 cm³/mol. The van der Waals surface area contributed by atoms with Crippen LogP contribution in [0, 0.1) is 0 Å². The standard InChI is InChI=1S/C19H23BrN4O3/c1-4-25-10-15-23-16-17(24(15)8-12-9-26-19(2,3)27-12)13-6-5-11(20)7-14(13)22-18(16)21/h5-7,12H,4,8-10H2,1-3H3,(H2,21,22). The number of benzene rings is 1. The van der Waals surface area contributed by atoms with E-state index in [9.17, 15) is 0 Å². The number of fused-ring (bicyclic) bond motifs is 3. The summed E-state index contributed by atoms with van der Waals surface area (Å²) >= 11 is 3.50. The van der Waals surface area contributed by atoms with Crippen molar-refractivity contribution < 1.29 is 14.2 Å². The van der Waals surface area contributed by atoms with Gasteiger partial charge in [-0.3, -0.25) is 0 Å². The van der Waals surface area contributed by atoms with Gasteiger partial charge in [0.25, 0.3) is 0 Å². The second-order valence-corrected chi connectivity index (χ2v) is 8.00. The average Bonchev–Trinajstić information content (AvgIpc) is 3.14. The number of hydrogen-bond acceptors (Lipinski definition) is 6. The van der Waals surface area contributed by atoms with Gasteiger partial charge in [0.15, 0.2) is 11.6 Å². The van der Waals surface area contributed by atoms with Crippen LogP contribution in [-0.2, 0) is 27.4 Å². The number of nitrogen functional groups attached to an aromatic ring is 1. The molecule has 1 unspecified atom stereocenters. The van der Waals surface area contributed by atoms with Crippen molar-refractivity contribution in [1.29, 1.82) is 0 Å². The molecule has 0 spiro atoms. The van der Waals surface area contributed by atoms with Gasteiger partial charge >= 0.3 is 0 Å². The van der Waals surface area contributed by atoms with Gasteiger partial charge in [-0.25, -0.2) is 9.97 Å². The van der Waals surface area contributed by atoms with Crippen molar-refractivity contribution in [2.75, 3.05) is 18.9 Å². The van der Waals surface area contributed by atoms with E-state index in [1.807, 2.05) is 39.0 Å². The van der Waals surface area contributed by atoms with Gasteiger partial charge in [0, 0.05) is 16.5 Å². The molecule has 0 saturated carbocycles. The quantitative estimate of drug-likeness (QED) is 0.659. The van der Waals surface area contributed by atoms with Crippen LogP contribution in [0.2, 0.25) is 0 Å². The number of imidazole rings is 1. The molecule has 1 aliphatic heterocycles. The van der Waals surface area contributed by atoms with Crippen molar-refractivity contribution in [1.82, 2.24) is 14.5 Å². The van der Waals surface area contributed by atoms with Gasteiger partial charge in [0.2, 0.25) is 0 Å². The highest BCUT2D eigenvalue weighted by Crippen LogP contribution is 2.32. The molecular formula is C19H23BrN4O3. The van der Waals surface area contributed by atoms with Crippen LogP contribution >= 0.6 is 15.9 Å². The first-order valence-electron chi connectivity index (χ1n) is 9.01. The number of aromatic nitrogens is 3. The summed E-state index contributed by atoms with van der Waals surface area (Å²) in [4.78, 5) is 9.27. The highest BCUT2D eigenvalue weighted by atomic mass is 79.9. The topological polar surface area (TPSA) is 84.4 Å². The molecule has 0 radical (unpaired) electrons. The van der Waals surface area contributed by atoms with Crippen LogP contribution < -0.4 is 5.73 Å². The first-order valence-corrected chi connectivity index (χ1v) is 9.80. The summed E-state index contributed by atoms with van der Waals surface area (Å²) in [6.07, 6.45) is -0.0716. The molecule has 1 aromatic carbocycles. The third kappa shape index (κ3) is 3.54. The molecular weight excluding hydrogens is 412 g/mol. The molecule has 0 bridgehead atoms. The van der Waals surface area contributed by atoms with E-state index in [0.29, 0.717) is 37.7 Å². The highest BCUT2D eigenvalue weighted by Gasteiger charge is 2.33. The Hall–Kier alpha value is -1.74. The number of halogens is 1. The first-order chi connectivity index (χ1) is 12.9. The molecule has 1 fully saturated rings. The van der Waals surface area contributed by atoms with E-state index < -0.39 is 5.79 Å². The minimum absolute atomic E-state index is 0.0716.